The topological polar surface area (TPSA) is 187 Å². The Balaban J connectivity index is 0.703. The van der Waals surface area contributed by atoms with Crippen molar-refractivity contribution in [2.24, 2.45) is 5.92 Å². The van der Waals surface area contributed by atoms with Gasteiger partial charge in [-0.25, -0.2) is 19.0 Å². The van der Waals surface area contributed by atoms with Gasteiger partial charge in [-0.1, -0.05) is 25.1 Å². The Bertz CT molecular complexity index is 3010. The number of phenols is 2. The average molecular weight is 913 g/mol. The minimum absolute atomic E-state index is 0.00948. The van der Waals surface area contributed by atoms with Crippen molar-refractivity contribution in [3.63, 3.8) is 0 Å². The van der Waals surface area contributed by atoms with Gasteiger partial charge in [0.05, 0.1) is 40.6 Å². The zero-order valence-corrected chi connectivity index (χ0v) is 37.8. The number of nitrogens with zero attached hydrogens (tertiary/aromatic N) is 5. The second kappa shape index (κ2) is 16.2. The number of ether oxygens (including phenoxy) is 2. The number of likely N-dealkylation sites (tertiary alicyclic amines) is 2. The van der Waals surface area contributed by atoms with Crippen molar-refractivity contribution in [3.05, 3.63) is 120 Å². The third-order valence-corrected chi connectivity index (χ3v) is 15.3. The van der Waals surface area contributed by atoms with Crippen molar-refractivity contribution in [1.29, 1.82) is 0 Å². The van der Waals surface area contributed by atoms with Gasteiger partial charge in [0.2, 0.25) is 0 Å². The number of fused-ring (bicyclic) bond motifs is 6. The number of carbonyl (C=O) groups excluding carboxylic acids is 3. The smallest absolute Gasteiger partial charge is 0.407 e. The number of rotatable bonds is 8. The summed E-state index contributed by atoms with van der Waals surface area (Å²) in [5.41, 5.74) is 6.30. The highest BCUT2D eigenvalue weighted by molar-refractivity contribution is 5.98. The molecule has 15 nitrogen and oxygen atoms in total. The first-order valence-corrected chi connectivity index (χ1v) is 23.3. The summed E-state index contributed by atoms with van der Waals surface area (Å²) in [7, 11) is 0. The number of phenolic OH excluding ortho intramolecular Hbond substituents is 2. The molecular weight excluding hydrogens is 860 g/mol. The van der Waals surface area contributed by atoms with Crippen LogP contribution in [0.25, 0.3) is 22.3 Å². The van der Waals surface area contributed by atoms with Crippen LogP contribution in [-0.2, 0) is 59.1 Å². The molecule has 2 amide bonds. The zero-order valence-electron chi connectivity index (χ0n) is 37.8. The fraction of sp³-hybridized carbons (Fsp3) is 0.431. The number of halogens is 1. The lowest BCUT2D eigenvalue weighted by atomic mass is 9.81. The maximum atomic E-state index is 15.4. The Labute approximate surface area is 385 Å². The van der Waals surface area contributed by atoms with Gasteiger partial charge in [0, 0.05) is 81.0 Å². The molecule has 2 atom stereocenters. The Hall–Kier alpha value is -6.36. The van der Waals surface area contributed by atoms with Gasteiger partial charge >= 0.3 is 12.1 Å². The highest BCUT2D eigenvalue weighted by Gasteiger charge is 2.46. The van der Waals surface area contributed by atoms with Gasteiger partial charge in [0.15, 0.2) is 5.60 Å². The monoisotopic (exact) mass is 912 g/mol. The molecule has 0 radical (unpaired) electrons. The third-order valence-electron chi connectivity index (χ3n) is 15.3. The molecule has 2 fully saturated rings. The number of cyclic esters (lactones) is 1. The summed E-state index contributed by atoms with van der Waals surface area (Å²) in [6.45, 7) is 11.3. The summed E-state index contributed by atoms with van der Waals surface area (Å²) in [5.74, 6) is -1.20. The number of pyridine rings is 2. The molecule has 2 saturated heterocycles. The van der Waals surface area contributed by atoms with Crippen molar-refractivity contribution >= 4 is 28.9 Å². The number of esters is 1. The molecule has 1 unspecified atom stereocenters. The minimum Gasteiger partial charge on any atom is -0.508 e. The molecule has 2 aromatic heterocycles. The van der Waals surface area contributed by atoms with Crippen molar-refractivity contribution in [1.82, 2.24) is 29.6 Å². The maximum Gasteiger partial charge on any atom is 0.407 e. The van der Waals surface area contributed by atoms with Crippen LogP contribution in [-0.4, -0.2) is 96.4 Å². The number of aromatic nitrogens is 2. The van der Waals surface area contributed by atoms with E-state index in [-0.39, 0.29) is 65.6 Å². The van der Waals surface area contributed by atoms with E-state index < -0.39 is 29.3 Å². The molecule has 0 bridgehead atoms. The first-order chi connectivity index (χ1) is 32.2. The van der Waals surface area contributed by atoms with E-state index in [2.05, 4.69) is 33.3 Å². The van der Waals surface area contributed by atoms with Gasteiger partial charge in [0.1, 0.15) is 30.0 Å². The van der Waals surface area contributed by atoms with E-state index in [0.29, 0.717) is 72.7 Å². The van der Waals surface area contributed by atoms with Crippen LogP contribution in [0, 0.1) is 25.6 Å². The van der Waals surface area contributed by atoms with Crippen LogP contribution in [0.4, 0.5) is 9.18 Å². The van der Waals surface area contributed by atoms with E-state index in [0.717, 1.165) is 72.5 Å². The van der Waals surface area contributed by atoms with Crippen LogP contribution in [0.5, 0.6) is 11.5 Å². The third kappa shape index (κ3) is 7.22. The molecule has 3 aromatic carbocycles. The van der Waals surface area contributed by atoms with Crippen molar-refractivity contribution in [2.45, 2.75) is 103 Å². The maximum absolute atomic E-state index is 15.4. The molecule has 5 aromatic rings. The van der Waals surface area contributed by atoms with E-state index in [1.54, 1.807) is 36.3 Å². The standard InChI is InChI=1S/C51H53FN6O9/c1-4-51(65)37-15-41-46-35(24-58(41)48(62)36(37)25-66-49(51)63)45-39(8-7-33-27(3)38(52)16-40(53-46)44(33)45)54-50(64)67-32-9-11-55(12-10-32)19-29-20-56(21-29)18-28-5-6-30-22-57(23-31(30)14-28)47(61)34-13-26(2)42(59)17-43(34)60/h5-6,13-17,29,32,39,59-60,65H,4,7-12,18-25H2,1-3H3,(H,54,64)/t39?,51-/m0/s1. The second-order valence-corrected chi connectivity index (χ2v) is 19.4. The predicted molar refractivity (Wildman–Crippen MR) is 243 cm³/mol. The van der Waals surface area contributed by atoms with Crippen LogP contribution < -0.4 is 10.9 Å². The van der Waals surface area contributed by atoms with Gasteiger partial charge in [-0.05, 0) is 103 Å². The first kappa shape index (κ1) is 43.2. The van der Waals surface area contributed by atoms with E-state index in [9.17, 15) is 34.5 Å². The molecule has 6 aliphatic rings. The number of hydrogen-bond donors (Lipinski definition) is 4. The number of aryl methyl sites for hydroxylation is 2. The lowest BCUT2D eigenvalue weighted by Gasteiger charge is -2.43. The highest BCUT2D eigenvalue weighted by Crippen LogP contribution is 2.46. The van der Waals surface area contributed by atoms with Gasteiger partial charge in [0.25, 0.3) is 11.5 Å². The van der Waals surface area contributed by atoms with Gasteiger partial charge in [-0.2, -0.15) is 0 Å². The molecule has 5 aliphatic heterocycles. The number of aromatic hydroxyl groups is 2. The van der Waals surface area contributed by atoms with Gasteiger partial charge < -0.3 is 44.5 Å². The predicted octanol–water partition coefficient (Wildman–Crippen LogP) is 5.71. The summed E-state index contributed by atoms with van der Waals surface area (Å²) in [6.07, 6.45) is 1.68. The Morgan fingerprint density at radius 2 is 1.72 bits per heavy atom. The van der Waals surface area contributed by atoms with E-state index >= 15 is 4.39 Å². The van der Waals surface area contributed by atoms with Crippen LogP contribution >= 0.6 is 0 Å². The fourth-order valence-corrected chi connectivity index (χ4v) is 11.5. The number of amides is 2. The largest absolute Gasteiger partial charge is 0.508 e. The summed E-state index contributed by atoms with van der Waals surface area (Å²) in [4.78, 5) is 65.3. The SMILES string of the molecule is CC[C@@]1(O)C(=O)OCc2c1cc1n(c2=O)Cc2c-1nc1cc(F)c(C)c3c1c2C(NC(=O)OC1CCN(CC2CN(Cc4ccc5c(c4)CN(C(=O)c4cc(C)c(O)cc4O)C5)C2)CC1)CC3. The number of nitrogens with one attached hydrogen (secondary N) is 1. The summed E-state index contributed by atoms with van der Waals surface area (Å²) < 4.78 is 28.3. The van der Waals surface area contributed by atoms with Gasteiger partial charge in [-0.15, -0.1) is 0 Å². The number of hydrogen-bond acceptors (Lipinski definition) is 12. The average Bonchev–Trinajstić information content (AvgIpc) is 3.90. The molecule has 7 heterocycles. The van der Waals surface area contributed by atoms with Crippen LogP contribution in [0.3, 0.4) is 0 Å². The molecule has 1 aliphatic carbocycles. The number of carbonyl (C=O) groups is 3. The zero-order chi connectivity index (χ0) is 46.6. The number of piperidine rings is 1. The van der Waals surface area contributed by atoms with E-state index in [4.69, 9.17) is 14.5 Å². The van der Waals surface area contributed by atoms with Crippen LogP contribution in [0.1, 0.15) is 105 Å². The normalized spacial score (nSPS) is 21.4. The van der Waals surface area contributed by atoms with E-state index in [1.807, 2.05) is 0 Å². The van der Waals surface area contributed by atoms with Crippen LogP contribution in [0.15, 0.2) is 47.3 Å². The van der Waals surface area contributed by atoms with Gasteiger partial charge in [-0.3, -0.25) is 14.5 Å². The molecule has 16 heteroatoms. The van der Waals surface area contributed by atoms with Crippen LogP contribution in [0.2, 0.25) is 0 Å². The Morgan fingerprint density at radius 3 is 2.49 bits per heavy atom. The molecule has 4 N–H and O–H groups in total. The summed E-state index contributed by atoms with van der Waals surface area (Å²) in [6, 6.07) is 11.7. The minimum atomic E-state index is -1.99. The molecule has 11 rings (SSSR count). The van der Waals surface area contributed by atoms with Crippen molar-refractivity contribution in [2.75, 3.05) is 32.7 Å². The summed E-state index contributed by atoms with van der Waals surface area (Å²) >= 11 is 0. The van der Waals surface area contributed by atoms with Crippen molar-refractivity contribution in [3.8, 4) is 22.9 Å². The molecule has 67 heavy (non-hydrogen) atoms. The Morgan fingerprint density at radius 1 is 0.940 bits per heavy atom. The number of alkyl carbamates (subject to hydrolysis) is 1. The van der Waals surface area contributed by atoms with E-state index in [1.165, 1.54) is 23.8 Å². The molecule has 0 saturated carbocycles. The van der Waals surface area contributed by atoms with Crippen molar-refractivity contribution < 1.29 is 43.6 Å². The lowest BCUT2D eigenvalue weighted by Crippen LogP contribution is -2.52. The number of aliphatic hydroxyl groups is 1. The first-order valence-electron chi connectivity index (χ1n) is 23.3. The lowest BCUT2D eigenvalue weighted by molar-refractivity contribution is -0.172. The summed E-state index contributed by atoms with van der Waals surface area (Å²) in [5, 5.41) is 35.5. The molecule has 348 valence electrons. The second-order valence-electron chi connectivity index (χ2n) is 19.4. The quantitative estimate of drug-likeness (QED) is 0.137. The Kier molecular flexibility index (Phi) is 10.4. The number of benzene rings is 3. The molecular formula is C51H53FN6O9. The highest BCUT2D eigenvalue weighted by atomic mass is 19.1. The fourth-order valence-electron chi connectivity index (χ4n) is 11.5. The molecule has 0 spiro atoms.